The number of piperidine rings is 1. The summed E-state index contributed by atoms with van der Waals surface area (Å²) < 4.78 is 32.1. The van der Waals surface area contributed by atoms with Crippen LogP contribution >= 0.6 is 0 Å². The third-order valence-corrected chi connectivity index (χ3v) is 6.81. The molecular weight excluding hydrogens is 404 g/mol. The van der Waals surface area contributed by atoms with Crippen LogP contribution in [0.5, 0.6) is 5.75 Å². The van der Waals surface area contributed by atoms with Crippen molar-refractivity contribution in [1.82, 2.24) is 9.62 Å². The summed E-state index contributed by atoms with van der Waals surface area (Å²) in [5.74, 6) is -0.492. The van der Waals surface area contributed by atoms with Crippen LogP contribution in [-0.2, 0) is 21.2 Å². The maximum absolute atomic E-state index is 12.0. The molecule has 1 aromatic carbocycles. The van der Waals surface area contributed by atoms with E-state index in [0.717, 1.165) is 37.1 Å². The molecule has 0 aromatic heterocycles. The summed E-state index contributed by atoms with van der Waals surface area (Å²) in [6.45, 7) is 6.11. The molecule has 7 nitrogen and oxygen atoms in total. The number of nitrogens with one attached hydrogen (secondary N) is 1. The molecule has 0 aliphatic carbocycles. The standard InChI is InChI=1S/C22H36N2O5S/c1-2-3-17-30(27,28)23-21(22(25)26)18-19-9-11-20(12-10-19)29-16-8-7-15-24-13-5-4-6-14-24/h9-12,21,23H,2-8,13-18H2,1H3,(H,25,26)/t21-/m0/s1. The molecular formula is C22H36N2O5S. The van der Waals surface area contributed by atoms with Gasteiger partial charge in [-0.05, 0) is 75.9 Å². The first kappa shape index (κ1) is 24.6. The molecule has 2 N–H and O–H groups in total. The van der Waals surface area contributed by atoms with Gasteiger partial charge in [-0.3, -0.25) is 4.79 Å². The number of carbonyl (C=O) groups is 1. The van der Waals surface area contributed by atoms with Crippen LogP contribution in [0, 0.1) is 0 Å². The molecule has 1 aromatic rings. The quantitative estimate of drug-likeness (QED) is 0.432. The molecule has 1 atom stereocenters. The molecule has 0 bridgehead atoms. The number of hydrogen-bond donors (Lipinski definition) is 2. The second kappa shape index (κ2) is 12.9. The number of sulfonamides is 1. The maximum Gasteiger partial charge on any atom is 0.322 e. The smallest absolute Gasteiger partial charge is 0.322 e. The first-order chi connectivity index (χ1) is 14.4. The number of rotatable bonds is 14. The molecule has 0 radical (unpaired) electrons. The summed E-state index contributed by atoms with van der Waals surface area (Å²) in [4.78, 5) is 14.0. The molecule has 1 heterocycles. The number of benzene rings is 1. The van der Waals surface area contributed by atoms with Crippen molar-refractivity contribution in [2.24, 2.45) is 0 Å². The number of nitrogens with zero attached hydrogens (tertiary/aromatic N) is 1. The zero-order valence-electron chi connectivity index (χ0n) is 18.0. The number of likely N-dealkylation sites (tertiary alicyclic amines) is 1. The van der Waals surface area contributed by atoms with Crippen LogP contribution in [0.1, 0.15) is 57.4 Å². The normalized spacial score (nSPS) is 16.3. The lowest BCUT2D eigenvalue weighted by atomic mass is 10.1. The summed E-state index contributed by atoms with van der Waals surface area (Å²) in [6.07, 6.45) is 7.43. The highest BCUT2D eigenvalue weighted by Crippen LogP contribution is 2.15. The van der Waals surface area contributed by atoms with Crippen molar-refractivity contribution in [1.29, 1.82) is 0 Å². The fourth-order valence-corrected chi connectivity index (χ4v) is 4.96. The number of ether oxygens (including phenoxy) is 1. The van der Waals surface area contributed by atoms with Gasteiger partial charge in [0.25, 0.3) is 0 Å². The predicted molar refractivity (Wildman–Crippen MR) is 118 cm³/mol. The molecule has 30 heavy (non-hydrogen) atoms. The van der Waals surface area contributed by atoms with E-state index in [9.17, 15) is 18.3 Å². The van der Waals surface area contributed by atoms with Crippen LogP contribution in [0.4, 0.5) is 0 Å². The zero-order valence-corrected chi connectivity index (χ0v) is 18.8. The van der Waals surface area contributed by atoms with Crippen molar-refractivity contribution in [2.45, 2.75) is 64.3 Å². The number of aliphatic carboxylic acids is 1. The Morgan fingerprint density at radius 1 is 1.13 bits per heavy atom. The van der Waals surface area contributed by atoms with Crippen LogP contribution in [0.3, 0.4) is 0 Å². The van der Waals surface area contributed by atoms with E-state index in [0.29, 0.717) is 13.0 Å². The fourth-order valence-electron chi connectivity index (χ4n) is 3.56. The van der Waals surface area contributed by atoms with Gasteiger partial charge in [-0.25, -0.2) is 13.1 Å². The van der Waals surface area contributed by atoms with Gasteiger partial charge in [0.05, 0.1) is 12.4 Å². The van der Waals surface area contributed by atoms with Crippen LogP contribution in [-0.4, -0.2) is 62.4 Å². The lowest BCUT2D eigenvalue weighted by Crippen LogP contribution is -2.43. The molecule has 1 aliphatic heterocycles. The van der Waals surface area contributed by atoms with Gasteiger partial charge in [-0.1, -0.05) is 31.9 Å². The summed E-state index contributed by atoms with van der Waals surface area (Å²) in [5, 5.41) is 9.38. The molecule has 1 aliphatic rings. The molecule has 1 saturated heterocycles. The lowest BCUT2D eigenvalue weighted by Gasteiger charge is -2.26. The van der Waals surface area contributed by atoms with Crippen molar-refractivity contribution in [3.8, 4) is 5.75 Å². The van der Waals surface area contributed by atoms with E-state index in [1.165, 1.54) is 32.4 Å². The van der Waals surface area contributed by atoms with Gasteiger partial charge in [0, 0.05) is 0 Å². The zero-order chi connectivity index (χ0) is 21.8. The minimum atomic E-state index is -3.60. The molecule has 1 fully saturated rings. The Bertz CT molecular complexity index is 730. The van der Waals surface area contributed by atoms with Gasteiger partial charge in [0.15, 0.2) is 0 Å². The maximum atomic E-state index is 12.0. The van der Waals surface area contributed by atoms with Gasteiger partial charge >= 0.3 is 5.97 Å². The summed E-state index contributed by atoms with van der Waals surface area (Å²) in [5.41, 5.74) is 0.748. The first-order valence-corrected chi connectivity index (χ1v) is 12.7. The predicted octanol–water partition coefficient (Wildman–Crippen LogP) is 3.05. The number of carboxylic acid groups (broad SMARTS) is 1. The topological polar surface area (TPSA) is 95.9 Å². The third kappa shape index (κ3) is 9.45. The minimum absolute atomic E-state index is 0.0577. The van der Waals surface area contributed by atoms with E-state index in [4.69, 9.17) is 4.74 Å². The number of unbranched alkanes of at least 4 members (excludes halogenated alkanes) is 2. The van der Waals surface area contributed by atoms with Gasteiger partial charge < -0.3 is 14.7 Å². The van der Waals surface area contributed by atoms with Crippen LogP contribution < -0.4 is 9.46 Å². The van der Waals surface area contributed by atoms with Crippen molar-refractivity contribution in [3.63, 3.8) is 0 Å². The molecule has 2 rings (SSSR count). The van der Waals surface area contributed by atoms with Gasteiger partial charge in [0.2, 0.25) is 10.0 Å². The molecule has 8 heteroatoms. The highest BCUT2D eigenvalue weighted by molar-refractivity contribution is 7.89. The van der Waals surface area contributed by atoms with E-state index >= 15 is 0 Å². The van der Waals surface area contributed by atoms with Crippen molar-refractivity contribution < 1.29 is 23.1 Å². The molecule has 0 amide bonds. The Hall–Kier alpha value is -1.64. The van der Waals surface area contributed by atoms with Crippen LogP contribution in [0.15, 0.2) is 24.3 Å². The van der Waals surface area contributed by atoms with Crippen LogP contribution in [0.25, 0.3) is 0 Å². The third-order valence-electron chi connectivity index (χ3n) is 5.34. The SMILES string of the molecule is CCCCS(=O)(=O)N[C@@H](Cc1ccc(OCCCCN2CCCCC2)cc1)C(=O)O. The number of hydrogen-bond acceptors (Lipinski definition) is 5. The molecule has 0 saturated carbocycles. The average Bonchev–Trinajstić information content (AvgIpc) is 2.73. The Balaban J connectivity index is 1.74. The molecule has 0 spiro atoms. The van der Waals surface area contributed by atoms with E-state index < -0.39 is 22.0 Å². The summed E-state index contributed by atoms with van der Waals surface area (Å²) in [6, 6.07) is 6.03. The van der Waals surface area contributed by atoms with Gasteiger partial charge in [0.1, 0.15) is 11.8 Å². The minimum Gasteiger partial charge on any atom is -0.494 e. The molecule has 0 unspecified atom stereocenters. The van der Waals surface area contributed by atoms with E-state index in [2.05, 4.69) is 9.62 Å². The van der Waals surface area contributed by atoms with E-state index in [-0.39, 0.29) is 12.2 Å². The fraction of sp³-hybridized carbons (Fsp3) is 0.682. The van der Waals surface area contributed by atoms with E-state index in [1.807, 2.05) is 19.1 Å². The van der Waals surface area contributed by atoms with Crippen molar-refractivity contribution >= 4 is 16.0 Å². The highest BCUT2D eigenvalue weighted by atomic mass is 32.2. The first-order valence-electron chi connectivity index (χ1n) is 11.1. The Kier molecular flexibility index (Phi) is 10.6. The molecule has 170 valence electrons. The summed E-state index contributed by atoms with van der Waals surface area (Å²) in [7, 11) is -3.60. The summed E-state index contributed by atoms with van der Waals surface area (Å²) >= 11 is 0. The second-order valence-electron chi connectivity index (χ2n) is 7.99. The average molecular weight is 441 g/mol. The van der Waals surface area contributed by atoms with E-state index in [1.54, 1.807) is 12.1 Å². The largest absolute Gasteiger partial charge is 0.494 e. The number of carboxylic acids is 1. The van der Waals surface area contributed by atoms with Crippen molar-refractivity contribution in [3.05, 3.63) is 29.8 Å². The Morgan fingerprint density at radius 3 is 2.47 bits per heavy atom. The highest BCUT2D eigenvalue weighted by Gasteiger charge is 2.24. The lowest BCUT2D eigenvalue weighted by molar-refractivity contribution is -0.138. The van der Waals surface area contributed by atoms with Crippen LogP contribution in [0.2, 0.25) is 0 Å². The van der Waals surface area contributed by atoms with Gasteiger partial charge in [-0.2, -0.15) is 0 Å². The monoisotopic (exact) mass is 440 g/mol. The second-order valence-corrected chi connectivity index (χ2v) is 9.86. The van der Waals surface area contributed by atoms with Crippen molar-refractivity contribution in [2.75, 3.05) is 32.0 Å². The Morgan fingerprint density at radius 2 is 1.83 bits per heavy atom. The van der Waals surface area contributed by atoms with Gasteiger partial charge in [-0.15, -0.1) is 0 Å². The Labute approximate surface area is 180 Å².